The van der Waals surface area contributed by atoms with Gasteiger partial charge < -0.3 is 9.64 Å². The highest BCUT2D eigenvalue weighted by molar-refractivity contribution is 5.81. The Kier molecular flexibility index (Phi) is 5.59. The molecule has 2 aromatic carbocycles. The van der Waals surface area contributed by atoms with E-state index in [1.54, 1.807) is 6.20 Å². The molecule has 0 spiro atoms. The molecule has 0 saturated carbocycles. The maximum absolute atomic E-state index is 11.3. The molecule has 0 bridgehead atoms. The van der Waals surface area contributed by atoms with E-state index in [9.17, 15) is 4.79 Å². The van der Waals surface area contributed by atoms with Crippen molar-refractivity contribution in [3.05, 3.63) is 84.1 Å². The van der Waals surface area contributed by atoms with Crippen LogP contribution in [0.2, 0.25) is 0 Å². The highest BCUT2D eigenvalue weighted by atomic mass is 16.5. The van der Waals surface area contributed by atoms with Crippen LogP contribution in [0.3, 0.4) is 0 Å². The molecule has 0 radical (unpaired) electrons. The molecule has 0 N–H and O–H groups in total. The summed E-state index contributed by atoms with van der Waals surface area (Å²) in [7, 11) is 1.38. The molecule has 0 aromatic heterocycles. The third-order valence-corrected chi connectivity index (χ3v) is 3.08. The Balaban J connectivity index is 2.10. The average Bonchev–Trinajstić information content (AvgIpc) is 2.54. The van der Waals surface area contributed by atoms with Crippen LogP contribution in [-0.2, 0) is 22.6 Å². The monoisotopic (exact) mass is 281 g/mol. The van der Waals surface area contributed by atoms with E-state index >= 15 is 0 Å². The van der Waals surface area contributed by atoms with Gasteiger partial charge in [-0.15, -0.1) is 0 Å². The van der Waals surface area contributed by atoms with Crippen molar-refractivity contribution in [3.63, 3.8) is 0 Å². The lowest BCUT2D eigenvalue weighted by atomic mass is 10.2. The number of ether oxygens (including phenoxy) is 1. The average molecular weight is 281 g/mol. The normalized spacial score (nSPS) is 10.5. The molecule has 3 heteroatoms. The Labute approximate surface area is 125 Å². The van der Waals surface area contributed by atoms with Crippen LogP contribution >= 0.6 is 0 Å². The van der Waals surface area contributed by atoms with Crippen molar-refractivity contribution in [1.82, 2.24) is 4.90 Å². The number of carbonyl (C=O) groups is 1. The van der Waals surface area contributed by atoms with E-state index in [0.717, 1.165) is 13.1 Å². The molecular formula is C18H19NO2. The Hall–Kier alpha value is -2.55. The second kappa shape index (κ2) is 7.90. The SMILES string of the molecule is COC(=O)/C=C\N(Cc1ccccc1)Cc1ccccc1. The molecule has 0 fully saturated rings. The van der Waals surface area contributed by atoms with Crippen molar-refractivity contribution in [2.45, 2.75) is 13.1 Å². The van der Waals surface area contributed by atoms with Gasteiger partial charge in [-0.1, -0.05) is 60.7 Å². The summed E-state index contributed by atoms with van der Waals surface area (Å²) in [5.74, 6) is -0.346. The fourth-order valence-corrected chi connectivity index (χ4v) is 2.03. The van der Waals surface area contributed by atoms with E-state index in [1.807, 2.05) is 36.4 Å². The zero-order valence-corrected chi connectivity index (χ0v) is 12.1. The van der Waals surface area contributed by atoms with E-state index in [2.05, 4.69) is 33.9 Å². The first-order valence-electron chi connectivity index (χ1n) is 6.86. The number of hydrogen-bond acceptors (Lipinski definition) is 3. The lowest BCUT2D eigenvalue weighted by Crippen LogP contribution is -2.17. The molecule has 0 aliphatic rings. The minimum atomic E-state index is -0.346. The molecule has 0 heterocycles. The van der Waals surface area contributed by atoms with Gasteiger partial charge in [0.2, 0.25) is 0 Å². The summed E-state index contributed by atoms with van der Waals surface area (Å²) in [4.78, 5) is 13.4. The van der Waals surface area contributed by atoms with Crippen LogP contribution in [-0.4, -0.2) is 18.0 Å². The maximum atomic E-state index is 11.3. The molecule has 0 amide bonds. The van der Waals surface area contributed by atoms with Crippen LogP contribution in [0.5, 0.6) is 0 Å². The molecule has 0 unspecified atom stereocenters. The Morgan fingerprint density at radius 3 is 1.86 bits per heavy atom. The predicted octanol–water partition coefficient (Wildman–Crippen LogP) is 3.38. The van der Waals surface area contributed by atoms with E-state index < -0.39 is 0 Å². The van der Waals surface area contributed by atoms with E-state index in [-0.39, 0.29) is 5.97 Å². The van der Waals surface area contributed by atoms with Gasteiger partial charge in [0.1, 0.15) is 0 Å². The smallest absolute Gasteiger partial charge is 0.331 e. The standard InChI is InChI=1S/C18H19NO2/c1-21-18(20)12-13-19(14-16-8-4-2-5-9-16)15-17-10-6-3-7-11-17/h2-13H,14-15H2,1H3/b13-12-. The second-order valence-electron chi connectivity index (χ2n) is 4.72. The second-order valence-corrected chi connectivity index (χ2v) is 4.72. The van der Waals surface area contributed by atoms with Gasteiger partial charge in [-0.2, -0.15) is 0 Å². The number of benzene rings is 2. The number of esters is 1. The molecule has 0 aliphatic carbocycles. The van der Waals surface area contributed by atoms with Gasteiger partial charge >= 0.3 is 5.97 Å². The molecule has 0 saturated heterocycles. The zero-order valence-electron chi connectivity index (χ0n) is 12.1. The van der Waals surface area contributed by atoms with Gasteiger partial charge in [-0.25, -0.2) is 4.79 Å². The number of carbonyl (C=O) groups excluding carboxylic acids is 1. The molecule has 108 valence electrons. The van der Waals surface area contributed by atoms with Crippen molar-refractivity contribution in [1.29, 1.82) is 0 Å². The van der Waals surface area contributed by atoms with E-state index in [4.69, 9.17) is 0 Å². The van der Waals surface area contributed by atoms with Gasteiger partial charge in [0.15, 0.2) is 0 Å². The van der Waals surface area contributed by atoms with E-state index in [0.29, 0.717) is 0 Å². The lowest BCUT2D eigenvalue weighted by molar-refractivity contribution is -0.134. The van der Waals surface area contributed by atoms with Crippen LogP contribution in [0.25, 0.3) is 0 Å². The first-order chi connectivity index (χ1) is 10.3. The van der Waals surface area contributed by atoms with Crippen LogP contribution in [0.4, 0.5) is 0 Å². The molecule has 0 aliphatic heterocycles. The minimum Gasteiger partial charge on any atom is -0.466 e. The summed E-state index contributed by atoms with van der Waals surface area (Å²) in [6.45, 7) is 1.48. The highest BCUT2D eigenvalue weighted by Gasteiger charge is 2.03. The van der Waals surface area contributed by atoms with Gasteiger partial charge in [-0.3, -0.25) is 0 Å². The van der Waals surface area contributed by atoms with Crippen LogP contribution in [0.15, 0.2) is 72.9 Å². The lowest BCUT2D eigenvalue weighted by Gasteiger charge is -2.20. The fourth-order valence-electron chi connectivity index (χ4n) is 2.03. The van der Waals surface area contributed by atoms with Crippen molar-refractivity contribution in [2.24, 2.45) is 0 Å². The maximum Gasteiger partial charge on any atom is 0.331 e. The summed E-state index contributed by atoms with van der Waals surface area (Å²) >= 11 is 0. The van der Waals surface area contributed by atoms with Crippen LogP contribution < -0.4 is 0 Å². The van der Waals surface area contributed by atoms with Gasteiger partial charge in [-0.05, 0) is 11.1 Å². The Morgan fingerprint density at radius 1 is 0.952 bits per heavy atom. The Bertz CT molecular complexity index is 537. The third kappa shape index (κ3) is 5.15. The summed E-state index contributed by atoms with van der Waals surface area (Å²) in [5, 5.41) is 0. The fraction of sp³-hybridized carbons (Fsp3) is 0.167. The predicted molar refractivity (Wildman–Crippen MR) is 83.3 cm³/mol. The van der Waals surface area contributed by atoms with Crippen LogP contribution in [0, 0.1) is 0 Å². The number of rotatable bonds is 6. The Morgan fingerprint density at radius 2 is 1.43 bits per heavy atom. The first kappa shape index (κ1) is 14.9. The first-order valence-corrected chi connectivity index (χ1v) is 6.86. The summed E-state index contributed by atoms with van der Waals surface area (Å²) in [6.07, 6.45) is 3.23. The van der Waals surface area contributed by atoms with Gasteiger partial charge in [0.05, 0.1) is 7.11 Å². The van der Waals surface area contributed by atoms with Gasteiger partial charge in [0.25, 0.3) is 0 Å². The molecule has 2 aromatic rings. The van der Waals surface area contributed by atoms with Crippen molar-refractivity contribution in [3.8, 4) is 0 Å². The topological polar surface area (TPSA) is 29.5 Å². The summed E-state index contributed by atoms with van der Waals surface area (Å²) in [6, 6.07) is 20.3. The van der Waals surface area contributed by atoms with Crippen molar-refractivity contribution >= 4 is 5.97 Å². The van der Waals surface area contributed by atoms with E-state index in [1.165, 1.54) is 24.3 Å². The summed E-state index contributed by atoms with van der Waals surface area (Å²) in [5.41, 5.74) is 2.39. The number of nitrogens with zero attached hydrogens (tertiary/aromatic N) is 1. The van der Waals surface area contributed by atoms with Gasteiger partial charge in [0, 0.05) is 25.4 Å². The largest absolute Gasteiger partial charge is 0.466 e. The van der Waals surface area contributed by atoms with Crippen LogP contribution in [0.1, 0.15) is 11.1 Å². The van der Waals surface area contributed by atoms with Crippen molar-refractivity contribution in [2.75, 3.05) is 7.11 Å². The number of methoxy groups -OCH3 is 1. The van der Waals surface area contributed by atoms with Crippen molar-refractivity contribution < 1.29 is 9.53 Å². The molecule has 21 heavy (non-hydrogen) atoms. The third-order valence-electron chi connectivity index (χ3n) is 3.08. The molecule has 2 rings (SSSR count). The highest BCUT2D eigenvalue weighted by Crippen LogP contribution is 2.10. The number of hydrogen-bond donors (Lipinski definition) is 0. The molecule has 0 atom stereocenters. The molecular weight excluding hydrogens is 262 g/mol. The molecule has 3 nitrogen and oxygen atoms in total. The summed E-state index contributed by atoms with van der Waals surface area (Å²) < 4.78 is 4.65. The minimum absolute atomic E-state index is 0.346. The quantitative estimate of drug-likeness (QED) is 0.600. The zero-order chi connectivity index (χ0) is 14.9.